The van der Waals surface area contributed by atoms with Gasteiger partial charge in [-0.2, -0.15) is 0 Å². The van der Waals surface area contributed by atoms with Crippen LogP contribution >= 0.6 is 0 Å². The van der Waals surface area contributed by atoms with Crippen molar-refractivity contribution < 1.29 is 9.53 Å². The minimum Gasteiger partial charge on any atom is -0.493 e. The number of nitrogens with one attached hydrogen (secondary N) is 1. The number of rotatable bonds is 8. The molecule has 0 fully saturated rings. The molecule has 0 aliphatic heterocycles. The molecule has 0 spiro atoms. The summed E-state index contributed by atoms with van der Waals surface area (Å²) in [5.74, 6) is 1.15. The number of hydrogen-bond acceptors (Lipinski definition) is 2. The first kappa shape index (κ1) is 15.5. The van der Waals surface area contributed by atoms with Gasteiger partial charge in [0, 0.05) is 12.5 Å². The molecule has 106 valence electrons. The number of carbonyl (C=O) groups is 1. The van der Waals surface area contributed by atoms with E-state index in [1.54, 1.807) is 0 Å². The van der Waals surface area contributed by atoms with Crippen LogP contribution in [0.5, 0.6) is 5.75 Å². The van der Waals surface area contributed by atoms with E-state index in [2.05, 4.69) is 18.3 Å². The Bertz CT molecular complexity index is 388. The highest BCUT2D eigenvalue weighted by atomic mass is 16.5. The van der Waals surface area contributed by atoms with E-state index in [1.807, 2.05) is 32.0 Å². The van der Waals surface area contributed by atoms with Gasteiger partial charge in [-0.1, -0.05) is 39.0 Å². The second-order valence-electron chi connectivity index (χ2n) is 5.01. The van der Waals surface area contributed by atoms with Gasteiger partial charge < -0.3 is 10.1 Å². The molecule has 0 unspecified atom stereocenters. The maximum absolute atomic E-state index is 11.4. The smallest absolute Gasteiger partial charge is 0.222 e. The van der Waals surface area contributed by atoms with Gasteiger partial charge in [-0.25, -0.2) is 0 Å². The molecular weight excluding hydrogens is 238 g/mol. The van der Waals surface area contributed by atoms with Crippen molar-refractivity contribution in [3.63, 3.8) is 0 Å². The van der Waals surface area contributed by atoms with Gasteiger partial charge in [-0.15, -0.1) is 0 Å². The topological polar surface area (TPSA) is 38.3 Å². The maximum Gasteiger partial charge on any atom is 0.222 e. The number of amides is 1. The fraction of sp³-hybridized carbons (Fsp3) is 0.562. The lowest BCUT2D eigenvalue weighted by Crippen LogP contribution is -2.28. The molecule has 0 radical (unpaired) electrons. The summed E-state index contributed by atoms with van der Waals surface area (Å²) >= 11 is 0. The monoisotopic (exact) mass is 263 g/mol. The minimum absolute atomic E-state index is 0.0557. The Morgan fingerprint density at radius 1 is 1.32 bits per heavy atom. The van der Waals surface area contributed by atoms with Crippen LogP contribution in [0.15, 0.2) is 24.3 Å². The lowest BCUT2D eigenvalue weighted by Gasteiger charge is -2.11. The second kappa shape index (κ2) is 8.57. The Morgan fingerprint density at radius 3 is 2.74 bits per heavy atom. The minimum atomic E-state index is 0.0557. The summed E-state index contributed by atoms with van der Waals surface area (Å²) in [6.45, 7) is 7.39. The number of para-hydroxylation sites is 1. The van der Waals surface area contributed by atoms with Crippen LogP contribution in [-0.2, 0) is 11.2 Å². The highest BCUT2D eigenvalue weighted by molar-refractivity contribution is 5.77. The fourth-order valence-electron chi connectivity index (χ4n) is 1.76. The first-order valence-electron chi connectivity index (χ1n) is 7.13. The lowest BCUT2D eigenvalue weighted by molar-refractivity contribution is -0.123. The first-order valence-corrected chi connectivity index (χ1v) is 7.13. The zero-order valence-electron chi connectivity index (χ0n) is 12.2. The SMILES string of the molecule is CCCOc1ccccc1CCCNC(=O)C(C)C. The van der Waals surface area contributed by atoms with E-state index in [4.69, 9.17) is 4.74 Å². The van der Waals surface area contributed by atoms with Crippen molar-refractivity contribution in [2.45, 2.75) is 40.0 Å². The Kier molecular flexibility index (Phi) is 7.01. The van der Waals surface area contributed by atoms with Crippen LogP contribution in [0.25, 0.3) is 0 Å². The fourth-order valence-corrected chi connectivity index (χ4v) is 1.76. The lowest BCUT2D eigenvalue weighted by atomic mass is 10.1. The molecule has 0 bridgehead atoms. The van der Waals surface area contributed by atoms with Gasteiger partial charge in [0.1, 0.15) is 5.75 Å². The number of aryl methyl sites for hydroxylation is 1. The van der Waals surface area contributed by atoms with E-state index in [0.717, 1.165) is 38.2 Å². The van der Waals surface area contributed by atoms with E-state index in [1.165, 1.54) is 5.56 Å². The average Bonchev–Trinajstić information content (AvgIpc) is 2.42. The largest absolute Gasteiger partial charge is 0.493 e. The molecule has 3 heteroatoms. The average molecular weight is 263 g/mol. The van der Waals surface area contributed by atoms with E-state index < -0.39 is 0 Å². The van der Waals surface area contributed by atoms with Gasteiger partial charge in [-0.3, -0.25) is 4.79 Å². The van der Waals surface area contributed by atoms with Crippen LogP contribution in [0, 0.1) is 5.92 Å². The van der Waals surface area contributed by atoms with Crippen LogP contribution in [-0.4, -0.2) is 19.1 Å². The highest BCUT2D eigenvalue weighted by Crippen LogP contribution is 2.19. The zero-order chi connectivity index (χ0) is 14.1. The van der Waals surface area contributed by atoms with Gasteiger partial charge in [-0.05, 0) is 30.9 Å². The predicted octanol–water partition coefficient (Wildman–Crippen LogP) is 3.18. The molecule has 1 aromatic rings. The Morgan fingerprint density at radius 2 is 2.05 bits per heavy atom. The van der Waals surface area contributed by atoms with Crippen molar-refractivity contribution in [2.75, 3.05) is 13.2 Å². The molecule has 0 aromatic heterocycles. The van der Waals surface area contributed by atoms with Crippen molar-refractivity contribution in [3.05, 3.63) is 29.8 Å². The molecule has 0 saturated carbocycles. The predicted molar refractivity (Wildman–Crippen MR) is 78.4 cm³/mol. The number of benzene rings is 1. The molecule has 0 aliphatic carbocycles. The van der Waals surface area contributed by atoms with Gasteiger partial charge in [0.25, 0.3) is 0 Å². The molecule has 19 heavy (non-hydrogen) atoms. The zero-order valence-corrected chi connectivity index (χ0v) is 12.2. The third kappa shape index (κ3) is 5.77. The number of ether oxygens (including phenoxy) is 1. The van der Waals surface area contributed by atoms with E-state index in [9.17, 15) is 4.79 Å². The van der Waals surface area contributed by atoms with E-state index >= 15 is 0 Å². The Balaban J connectivity index is 2.38. The van der Waals surface area contributed by atoms with Crippen LogP contribution in [0.3, 0.4) is 0 Å². The quantitative estimate of drug-likeness (QED) is 0.732. The number of carbonyl (C=O) groups excluding carboxylic acids is 1. The summed E-state index contributed by atoms with van der Waals surface area (Å²) in [6.07, 6.45) is 2.88. The molecule has 0 heterocycles. The van der Waals surface area contributed by atoms with Crippen molar-refractivity contribution in [3.8, 4) is 5.75 Å². The van der Waals surface area contributed by atoms with Crippen molar-refractivity contribution in [1.29, 1.82) is 0 Å². The molecule has 1 amide bonds. The van der Waals surface area contributed by atoms with Crippen molar-refractivity contribution >= 4 is 5.91 Å². The standard InChI is InChI=1S/C16H25NO2/c1-4-12-19-15-10-6-5-8-14(15)9-7-11-17-16(18)13(2)3/h5-6,8,10,13H,4,7,9,11-12H2,1-3H3,(H,17,18). The van der Waals surface area contributed by atoms with Gasteiger partial charge in [0.15, 0.2) is 0 Å². The third-order valence-electron chi connectivity index (χ3n) is 2.88. The Labute approximate surface area is 116 Å². The van der Waals surface area contributed by atoms with Crippen molar-refractivity contribution in [1.82, 2.24) is 5.32 Å². The molecule has 1 rings (SSSR count). The summed E-state index contributed by atoms with van der Waals surface area (Å²) in [4.78, 5) is 11.4. The summed E-state index contributed by atoms with van der Waals surface area (Å²) in [5.41, 5.74) is 1.22. The van der Waals surface area contributed by atoms with Crippen LogP contribution in [0.2, 0.25) is 0 Å². The Hall–Kier alpha value is -1.51. The number of hydrogen-bond donors (Lipinski definition) is 1. The molecule has 1 aromatic carbocycles. The normalized spacial score (nSPS) is 10.5. The molecule has 0 atom stereocenters. The molecule has 0 aliphatic rings. The van der Waals surface area contributed by atoms with Gasteiger partial charge in [0.2, 0.25) is 5.91 Å². The highest BCUT2D eigenvalue weighted by Gasteiger charge is 2.06. The first-order chi connectivity index (χ1) is 9.15. The summed E-state index contributed by atoms with van der Waals surface area (Å²) in [6, 6.07) is 8.13. The van der Waals surface area contributed by atoms with Crippen LogP contribution in [0.1, 0.15) is 39.2 Å². The van der Waals surface area contributed by atoms with Crippen molar-refractivity contribution in [2.24, 2.45) is 5.92 Å². The van der Waals surface area contributed by atoms with E-state index in [-0.39, 0.29) is 11.8 Å². The summed E-state index contributed by atoms with van der Waals surface area (Å²) in [7, 11) is 0. The molecular formula is C16H25NO2. The van der Waals surface area contributed by atoms with Gasteiger partial charge in [0.05, 0.1) is 6.61 Å². The molecule has 0 saturated heterocycles. The second-order valence-corrected chi connectivity index (χ2v) is 5.01. The van der Waals surface area contributed by atoms with Gasteiger partial charge >= 0.3 is 0 Å². The van der Waals surface area contributed by atoms with Crippen LogP contribution < -0.4 is 10.1 Å². The maximum atomic E-state index is 11.4. The van der Waals surface area contributed by atoms with E-state index in [0.29, 0.717) is 0 Å². The van der Waals surface area contributed by atoms with Crippen LogP contribution in [0.4, 0.5) is 0 Å². The molecule has 1 N–H and O–H groups in total. The third-order valence-corrected chi connectivity index (χ3v) is 2.88. The molecule has 3 nitrogen and oxygen atoms in total. The summed E-state index contributed by atoms with van der Waals surface area (Å²) < 4.78 is 5.72. The summed E-state index contributed by atoms with van der Waals surface area (Å²) in [5, 5.41) is 2.94.